The van der Waals surface area contributed by atoms with Crippen LogP contribution in [0.2, 0.25) is 0 Å². The minimum absolute atomic E-state index is 0.775. The molecule has 0 radical (unpaired) electrons. The van der Waals surface area contributed by atoms with Gasteiger partial charge in [-0.3, -0.25) is 10.00 Å². The molecule has 3 nitrogen and oxygen atoms in total. The van der Waals surface area contributed by atoms with Gasteiger partial charge < -0.3 is 0 Å². The SMILES string of the molecule is CCCC[C@H](CC)CN1CCc2[nH]nc(C3CC3)c2C1. The minimum Gasteiger partial charge on any atom is -0.298 e. The maximum atomic E-state index is 4.59. The van der Waals surface area contributed by atoms with Crippen LogP contribution in [0.15, 0.2) is 0 Å². The van der Waals surface area contributed by atoms with Gasteiger partial charge in [-0.2, -0.15) is 5.10 Å². The van der Waals surface area contributed by atoms with Crippen molar-refractivity contribution in [2.24, 2.45) is 5.92 Å². The van der Waals surface area contributed by atoms with Crippen molar-refractivity contribution in [3.05, 3.63) is 17.0 Å². The Bertz CT molecular complexity index is 433. The summed E-state index contributed by atoms with van der Waals surface area (Å²) in [5, 5.41) is 7.88. The second kappa shape index (κ2) is 6.30. The Hall–Kier alpha value is -0.830. The van der Waals surface area contributed by atoms with Crippen molar-refractivity contribution in [2.45, 2.75) is 71.3 Å². The lowest BCUT2D eigenvalue weighted by Crippen LogP contribution is -2.34. The van der Waals surface area contributed by atoms with Crippen molar-refractivity contribution >= 4 is 0 Å². The molecule has 3 heteroatoms. The average Bonchev–Trinajstić information content (AvgIpc) is 3.23. The Balaban J connectivity index is 1.60. The van der Waals surface area contributed by atoms with Gasteiger partial charge in [0.05, 0.1) is 5.69 Å². The molecule has 1 fully saturated rings. The molecule has 0 saturated heterocycles. The first kappa shape index (κ1) is 14.1. The molecule has 2 heterocycles. The van der Waals surface area contributed by atoms with Crippen LogP contribution in [0, 0.1) is 5.92 Å². The summed E-state index contributed by atoms with van der Waals surface area (Å²) in [6, 6.07) is 0. The van der Waals surface area contributed by atoms with Crippen molar-refractivity contribution in [3.63, 3.8) is 0 Å². The summed E-state index contributed by atoms with van der Waals surface area (Å²) in [6.07, 6.45) is 9.31. The summed E-state index contributed by atoms with van der Waals surface area (Å²) >= 11 is 0. The van der Waals surface area contributed by atoms with E-state index in [-0.39, 0.29) is 0 Å². The molecule has 0 unspecified atom stereocenters. The monoisotopic (exact) mass is 275 g/mol. The van der Waals surface area contributed by atoms with Gasteiger partial charge in [0.1, 0.15) is 0 Å². The summed E-state index contributed by atoms with van der Waals surface area (Å²) in [5.41, 5.74) is 4.36. The molecule has 1 N–H and O–H groups in total. The van der Waals surface area contributed by atoms with E-state index < -0.39 is 0 Å². The minimum atomic E-state index is 0.775. The standard InChI is InChI=1S/C17H29N3/c1-3-5-6-13(4-2)11-20-10-9-16-15(12-20)17(19-18-16)14-7-8-14/h13-14H,3-12H2,1-2H3,(H,18,19)/t13-/m0/s1. The van der Waals surface area contributed by atoms with E-state index in [0.29, 0.717) is 0 Å². The highest BCUT2D eigenvalue weighted by Crippen LogP contribution is 2.42. The number of aromatic amines is 1. The summed E-state index contributed by atoms with van der Waals surface area (Å²) < 4.78 is 0. The number of hydrogen-bond donors (Lipinski definition) is 1. The topological polar surface area (TPSA) is 31.9 Å². The van der Waals surface area contributed by atoms with E-state index in [1.165, 1.54) is 69.4 Å². The predicted molar refractivity (Wildman–Crippen MR) is 82.8 cm³/mol. The Morgan fingerprint density at radius 3 is 2.90 bits per heavy atom. The number of hydrogen-bond acceptors (Lipinski definition) is 2. The lowest BCUT2D eigenvalue weighted by atomic mass is 9.96. The highest BCUT2D eigenvalue weighted by atomic mass is 15.2. The third-order valence-electron chi connectivity index (χ3n) is 5.07. The number of rotatable bonds is 7. The molecule has 20 heavy (non-hydrogen) atoms. The van der Waals surface area contributed by atoms with Gasteiger partial charge in [0.2, 0.25) is 0 Å². The van der Waals surface area contributed by atoms with Gasteiger partial charge in [0.15, 0.2) is 0 Å². The van der Waals surface area contributed by atoms with Gasteiger partial charge in [-0.05, 0) is 25.2 Å². The largest absolute Gasteiger partial charge is 0.298 e. The predicted octanol–water partition coefficient (Wildman–Crippen LogP) is 3.86. The fourth-order valence-corrected chi connectivity index (χ4v) is 3.51. The number of H-pyrrole nitrogens is 1. The quantitative estimate of drug-likeness (QED) is 0.819. The zero-order chi connectivity index (χ0) is 13.9. The van der Waals surface area contributed by atoms with Crippen molar-refractivity contribution < 1.29 is 0 Å². The molecule has 112 valence electrons. The molecule has 1 atom stereocenters. The first-order valence-electron chi connectivity index (χ1n) is 8.60. The number of unbranched alkanes of at least 4 members (excludes halogenated alkanes) is 1. The van der Waals surface area contributed by atoms with Crippen molar-refractivity contribution in [1.82, 2.24) is 15.1 Å². The van der Waals surface area contributed by atoms with Crippen molar-refractivity contribution in [2.75, 3.05) is 13.1 Å². The van der Waals surface area contributed by atoms with Crippen LogP contribution in [0.3, 0.4) is 0 Å². The van der Waals surface area contributed by atoms with E-state index in [0.717, 1.165) is 18.4 Å². The first-order chi connectivity index (χ1) is 9.81. The maximum absolute atomic E-state index is 4.59. The molecule has 0 amide bonds. The molecule has 1 saturated carbocycles. The fraction of sp³-hybridized carbons (Fsp3) is 0.824. The molecule has 0 spiro atoms. The van der Waals surface area contributed by atoms with Crippen LogP contribution in [0.4, 0.5) is 0 Å². The van der Waals surface area contributed by atoms with Crippen LogP contribution < -0.4 is 0 Å². The van der Waals surface area contributed by atoms with E-state index in [9.17, 15) is 0 Å². The molecular formula is C17H29N3. The van der Waals surface area contributed by atoms with Crippen LogP contribution >= 0.6 is 0 Å². The van der Waals surface area contributed by atoms with Gasteiger partial charge in [-0.25, -0.2) is 0 Å². The number of nitrogens with one attached hydrogen (secondary N) is 1. The Morgan fingerprint density at radius 1 is 1.35 bits per heavy atom. The second-order valence-corrected chi connectivity index (χ2v) is 6.74. The lowest BCUT2D eigenvalue weighted by Gasteiger charge is -2.30. The normalized spacial score (nSPS) is 20.9. The maximum Gasteiger partial charge on any atom is 0.0700 e. The molecule has 0 bridgehead atoms. The Morgan fingerprint density at radius 2 is 2.20 bits per heavy atom. The van der Waals surface area contributed by atoms with Crippen LogP contribution in [0.25, 0.3) is 0 Å². The van der Waals surface area contributed by atoms with Crippen LogP contribution in [0.1, 0.15) is 75.2 Å². The lowest BCUT2D eigenvalue weighted by molar-refractivity contribution is 0.202. The summed E-state index contributed by atoms with van der Waals surface area (Å²) in [4.78, 5) is 2.67. The zero-order valence-electron chi connectivity index (χ0n) is 13.1. The van der Waals surface area contributed by atoms with Gasteiger partial charge in [0, 0.05) is 43.2 Å². The van der Waals surface area contributed by atoms with E-state index in [1.807, 2.05) is 0 Å². The summed E-state index contributed by atoms with van der Waals surface area (Å²) in [5.74, 6) is 1.66. The molecule has 2 aliphatic rings. The smallest absolute Gasteiger partial charge is 0.0700 e. The van der Waals surface area contributed by atoms with E-state index in [4.69, 9.17) is 0 Å². The highest BCUT2D eigenvalue weighted by Gasteiger charge is 2.32. The van der Waals surface area contributed by atoms with E-state index in [2.05, 4.69) is 28.9 Å². The van der Waals surface area contributed by atoms with Gasteiger partial charge in [-0.1, -0.05) is 33.1 Å². The van der Waals surface area contributed by atoms with Gasteiger partial charge in [-0.15, -0.1) is 0 Å². The third kappa shape index (κ3) is 3.08. The zero-order valence-corrected chi connectivity index (χ0v) is 13.1. The summed E-state index contributed by atoms with van der Waals surface area (Å²) in [7, 11) is 0. The fourth-order valence-electron chi connectivity index (χ4n) is 3.51. The molecule has 1 aromatic rings. The van der Waals surface area contributed by atoms with Crippen molar-refractivity contribution in [3.8, 4) is 0 Å². The first-order valence-corrected chi connectivity index (χ1v) is 8.60. The molecule has 0 aromatic carbocycles. The van der Waals surface area contributed by atoms with Crippen LogP contribution in [0.5, 0.6) is 0 Å². The van der Waals surface area contributed by atoms with Gasteiger partial charge in [0.25, 0.3) is 0 Å². The van der Waals surface area contributed by atoms with Crippen LogP contribution in [-0.4, -0.2) is 28.2 Å². The van der Waals surface area contributed by atoms with E-state index >= 15 is 0 Å². The Labute approximate surface area is 123 Å². The molecule has 1 aromatic heterocycles. The third-order valence-corrected chi connectivity index (χ3v) is 5.07. The van der Waals surface area contributed by atoms with E-state index in [1.54, 1.807) is 5.56 Å². The highest BCUT2D eigenvalue weighted by molar-refractivity contribution is 5.32. The molecular weight excluding hydrogens is 246 g/mol. The molecule has 1 aliphatic carbocycles. The Kier molecular flexibility index (Phi) is 4.45. The number of fused-ring (bicyclic) bond motifs is 1. The molecule has 1 aliphatic heterocycles. The number of aromatic nitrogens is 2. The summed E-state index contributed by atoms with van der Waals surface area (Å²) in [6.45, 7) is 8.28. The van der Waals surface area contributed by atoms with Gasteiger partial charge >= 0.3 is 0 Å². The van der Waals surface area contributed by atoms with Crippen LogP contribution in [-0.2, 0) is 13.0 Å². The number of nitrogens with zero attached hydrogens (tertiary/aromatic N) is 2. The molecule has 3 rings (SSSR count). The average molecular weight is 275 g/mol. The van der Waals surface area contributed by atoms with Crippen molar-refractivity contribution in [1.29, 1.82) is 0 Å². The second-order valence-electron chi connectivity index (χ2n) is 6.74.